The van der Waals surface area contributed by atoms with Crippen molar-refractivity contribution in [1.82, 2.24) is 5.16 Å². The lowest BCUT2D eigenvalue weighted by atomic mass is 10.0. The van der Waals surface area contributed by atoms with Crippen LogP contribution in [-0.4, -0.2) is 10.9 Å². The largest absolute Gasteiger partial charge is 0.461 e. The fourth-order valence-electron chi connectivity index (χ4n) is 2.33. The van der Waals surface area contributed by atoms with E-state index < -0.39 is 5.78 Å². The summed E-state index contributed by atoms with van der Waals surface area (Å²) in [7, 11) is 0. The van der Waals surface area contributed by atoms with Crippen LogP contribution in [0.5, 0.6) is 0 Å². The van der Waals surface area contributed by atoms with E-state index in [1.54, 1.807) is 50.2 Å². The van der Waals surface area contributed by atoms with Gasteiger partial charge in [-0.1, -0.05) is 16.8 Å². The third-order valence-corrected chi connectivity index (χ3v) is 3.89. The molecule has 2 heterocycles. The summed E-state index contributed by atoms with van der Waals surface area (Å²) in [6.07, 6.45) is 1.29. The van der Waals surface area contributed by atoms with Crippen molar-refractivity contribution in [2.75, 3.05) is 5.32 Å². The number of hydrogen-bond donors (Lipinski definition) is 1. The molecule has 7 heteroatoms. The molecule has 130 valence electrons. The number of carbonyl (C=O) groups excluding carboxylic acids is 1. The van der Waals surface area contributed by atoms with Crippen molar-refractivity contribution < 1.29 is 13.7 Å². The number of anilines is 1. The van der Waals surface area contributed by atoms with Gasteiger partial charge in [-0.05, 0) is 44.2 Å². The van der Waals surface area contributed by atoms with Gasteiger partial charge in [0.2, 0.25) is 11.7 Å². The monoisotopic (exact) mass is 367 g/mol. The first kappa shape index (κ1) is 17.5. The number of aryl methyl sites for hydroxylation is 2. The van der Waals surface area contributed by atoms with Crippen molar-refractivity contribution in [3.05, 3.63) is 70.2 Å². The van der Waals surface area contributed by atoms with Crippen LogP contribution in [0.4, 0.5) is 5.88 Å². The zero-order chi connectivity index (χ0) is 18.7. The summed E-state index contributed by atoms with van der Waals surface area (Å²) >= 11 is 5.89. The first-order valence-corrected chi connectivity index (χ1v) is 8.07. The molecular weight excluding hydrogens is 354 g/mol. The van der Waals surface area contributed by atoms with Gasteiger partial charge in [0.25, 0.3) is 0 Å². The summed E-state index contributed by atoms with van der Waals surface area (Å²) in [5.74, 6) is 0.849. The summed E-state index contributed by atoms with van der Waals surface area (Å²) in [5.41, 5.74) is 1.71. The minimum Gasteiger partial charge on any atom is -0.461 e. The number of carbonyl (C=O) groups is 1. The highest BCUT2D eigenvalue weighted by atomic mass is 35.5. The van der Waals surface area contributed by atoms with Crippen molar-refractivity contribution in [2.45, 2.75) is 13.8 Å². The van der Waals surface area contributed by atoms with E-state index in [4.69, 9.17) is 20.5 Å². The van der Waals surface area contributed by atoms with E-state index in [1.165, 1.54) is 6.20 Å². The van der Waals surface area contributed by atoms with Crippen LogP contribution in [0.15, 0.2) is 57.1 Å². The summed E-state index contributed by atoms with van der Waals surface area (Å²) < 4.78 is 10.7. The molecule has 0 aliphatic heterocycles. The minimum atomic E-state index is -0.447. The predicted octanol–water partition coefficient (Wildman–Crippen LogP) is 4.91. The molecule has 0 saturated carbocycles. The summed E-state index contributed by atoms with van der Waals surface area (Å²) in [6, 6.07) is 12.2. The Balaban J connectivity index is 1.86. The molecule has 1 N–H and O–H groups in total. The number of furan rings is 1. The van der Waals surface area contributed by atoms with Crippen LogP contribution in [0.1, 0.15) is 21.8 Å². The number of ketones is 1. The number of nitriles is 1. The molecule has 3 rings (SSSR count). The maximum Gasteiger partial charge on any atom is 0.228 e. The summed E-state index contributed by atoms with van der Waals surface area (Å²) in [5, 5.41) is 16.4. The highest BCUT2D eigenvalue weighted by Gasteiger charge is 2.20. The fraction of sp³-hybridized carbons (Fsp3) is 0.105. The Bertz CT molecular complexity index is 1020. The van der Waals surface area contributed by atoms with E-state index in [-0.39, 0.29) is 5.57 Å². The first-order chi connectivity index (χ1) is 12.5. The van der Waals surface area contributed by atoms with Gasteiger partial charge in [0.05, 0.1) is 11.3 Å². The second-order valence-corrected chi connectivity index (χ2v) is 6.00. The van der Waals surface area contributed by atoms with Gasteiger partial charge in [-0.25, -0.2) is 0 Å². The molecule has 6 nitrogen and oxygen atoms in total. The normalized spacial score (nSPS) is 11.2. The van der Waals surface area contributed by atoms with E-state index in [1.807, 2.05) is 6.07 Å². The maximum atomic E-state index is 12.7. The molecule has 0 unspecified atom stereocenters. The summed E-state index contributed by atoms with van der Waals surface area (Å²) in [6.45, 7) is 3.44. The second kappa shape index (κ2) is 7.30. The van der Waals surface area contributed by atoms with Crippen LogP contribution < -0.4 is 5.32 Å². The molecule has 0 aliphatic carbocycles. The summed E-state index contributed by atoms with van der Waals surface area (Å²) in [4.78, 5) is 12.7. The highest BCUT2D eigenvalue weighted by molar-refractivity contribution is 6.30. The molecule has 0 saturated heterocycles. The van der Waals surface area contributed by atoms with Crippen molar-refractivity contribution in [2.24, 2.45) is 0 Å². The van der Waals surface area contributed by atoms with Crippen LogP contribution in [0, 0.1) is 25.2 Å². The number of rotatable bonds is 5. The van der Waals surface area contributed by atoms with Gasteiger partial charge in [-0.3, -0.25) is 4.79 Å². The molecule has 0 amide bonds. The third-order valence-electron chi connectivity index (χ3n) is 3.64. The van der Waals surface area contributed by atoms with Gasteiger partial charge in [0, 0.05) is 22.9 Å². The molecule has 0 aliphatic rings. The number of benzene rings is 1. The molecule has 1 aromatic carbocycles. The smallest absolute Gasteiger partial charge is 0.228 e. The number of allylic oxidation sites excluding steroid dienone is 1. The first-order valence-electron chi connectivity index (χ1n) is 7.69. The number of nitrogens with one attached hydrogen (secondary N) is 1. The standard InChI is InChI=1S/C19H14ClN3O3/c1-11-7-18(26-23-11)22-10-14(9-21)19(24)16-8-17(25-12(16)2)13-3-5-15(20)6-4-13/h3-8,10,22H,1-2H3. The van der Waals surface area contributed by atoms with Crippen LogP contribution >= 0.6 is 11.6 Å². The van der Waals surface area contributed by atoms with Gasteiger partial charge >= 0.3 is 0 Å². The van der Waals surface area contributed by atoms with E-state index in [0.717, 1.165) is 5.56 Å². The molecule has 0 spiro atoms. The Kier molecular flexibility index (Phi) is 4.92. The van der Waals surface area contributed by atoms with E-state index >= 15 is 0 Å². The molecule has 0 bridgehead atoms. The lowest BCUT2D eigenvalue weighted by Gasteiger charge is -1.98. The number of hydrogen-bond acceptors (Lipinski definition) is 6. The number of halogens is 1. The van der Waals surface area contributed by atoms with Crippen molar-refractivity contribution >= 4 is 23.3 Å². The van der Waals surface area contributed by atoms with E-state index in [2.05, 4.69) is 10.5 Å². The van der Waals surface area contributed by atoms with Crippen LogP contribution in [-0.2, 0) is 0 Å². The maximum absolute atomic E-state index is 12.7. The SMILES string of the molecule is Cc1cc(NC=C(C#N)C(=O)c2cc(-c3ccc(Cl)cc3)oc2C)on1. The third kappa shape index (κ3) is 3.68. The number of aromatic nitrogens is 1. The molecule has 2 aromatic heterocycles. The number of Topliss-reactive ketones (excluding diaryl/α,β-unsaturated/α-hetero) is 1. The number of nitrogens with zero attached hydrogens (tertiary/aromatic N) is 2. The van der Waals surface area contributed by atoms with Crippen molar-refractivity contribution in [1.29, 1.82) is 5.26 Å². The van der Waals surface area contributed by atoms with Gasteiger partial charge < -0.3 is 14.3 Å². The lowest BCUT2D eigenvalue weighted by Crippen LogP contribution is -2.04. The van der Waals surface area contributed by atoms with Crippen LogP contribution in [0.3, 0.4) is 0 Å². The average molecular weight is 368 g/mol. The van der Waals surface area contributed by atoms with Gasteiger partial charge in [-0.2, -0.15) is 5.26 Å². The Morgan fingerprint density at radius 2 is 2.00 bits per heavy atom. The van der Waals surface area contributed by atoms with Crippen molar-refractivity contribution in [3.63, 3.8) is 0 Å². The fourth-order valence-corrected chi connectivity index (χ4v) is 2.46. The molecular formula is C19H14ClN3O3. The Morgan fingerprint density at radius 1 is 1.27 bits per heavy atom. The quantitative estimate of drug-likeness (QED) is 0.391. The van der Waals surface area contributed by atoms with Gasteiger partial charge in [0.15, 0.2) is 0 Å². The highest BCUT2D eigenvalue weighted by Crippen LogP contribution is 2.28. The van der Waals surface area contributed by atoms with Gasteiger partial charge in [0.1, 0.15) is 23.2 Å². The second-order valence-electron chi connectivity index (χ2n) is 5.56. The zero-order valence-corrected chi connectivity index (χ0v) is 14.8. The average Bonchev–Trinajstić information content (AvgIpc) is 3.21. The molecule has 26 heavy (non-hydrogen) atoms. The topological polar surface area (TPSA) is 92.1 Å². The minimum absolute atomic E-state index is 0.0781. The Labute approximate surface area is 154 Å². The molecule has 0 radical (unpaired) electrons. The van der Waals surface area contributed by atoms with E-state index in [0.29, 0.717) is 33.7 Å². The molecule has 0 fully saturated rings. The predicted molar refractivity (Wildman–Crippen MR) is 96.8 cm³/mol. The molecule has 0 atom stereocenters. The Morgan fingerprint density at radius 3 is 2.62 bits per heavy atom. The molecule has 3 aromatic rings. The van der Waals surface area contributed by atoms with Crippen molar-refractivity contribution in [3.8, 4) is 17.4 Å². The Hall–Kier alpha value is -3.30. The van der Waals surface area contributed by atoms with Gasteiger partial charge in [-0.15, -0.1) is 0 Å². The van der Waals surface area contributed by atoms with Crippen LogP contribution in [0.2, 0.25) is 5.02 Å². The lowest BCUT2D eigenvalue weighted by molar-refractivity contribution is 0.103. The van der Waals surface area contributed by atoms with Crippen LogP contribution in [0.25, 0.3) is 11.3 Å². The van der Waals surface area contributed by atoms with E-state index in [9.17, 15) is 10.1 Å². The zero-order valence-electron chi connectivity index (χ0n) is 14.0.